The summed E-state index contributed by atoms with van der Waals surface area (Å²) in [6.45, 7) is 0. The second kappa shape index (κ2) is 4.66. The molecule has 0 aromatic heterocycles. The highest BCUT2D eigenvalue weighted by Gasteiger charge is 2.01. The molecule has 0 unspecified atom stereocenters. The van der Waals surface area contributed by atoms with Crippen molar-refractivity contribution in [2.24, 2.45) is 0 Å². The molecule has 0 spiro atoms. The van der Waals surface area contributed by atoms with Crippen molar-refractivity contribution in [1.82, 2.24) is 0 Å². The highest BCUT2D eigenvalue weighted by molar-refractivity contribution is 5.24. The first-order chi connectivity index (χ1) is 6.95. The molecule has 0 N–H and O–H groups in total. The summed E-state index contributed by atoms with van der Waals surface area (Å²) in [6.07, 6.45) is 9.67. The van der Waals surface area contributed by atoms with Crippen LogP contribution in [-0.2, 0) is 0 Å². The van der Waals surface area contributed by atoms with Crippen LogP contribution in [0.2, 0.25) is 0 Å². The van der Waals surface area contributed by atoms with Gasteiger partial charge in [0.2, 0.25) is 0 Å². The van der Waals surface area contributed by atoms with Gasteiger partial charge in [-0.1, -0.05) is 30.4 Å². The predicted octanol–water partition coefficient (Wildman–Crippen LogP) is 3.69. The molecule has 0 aliphatic heterocycles. The predicted molar refractivity (Wildman–Crippen MR) is 58.1 cm³/mol. The Kier molecular flexibility index (Phi) is 3.02. The van der Waals surface area contributed by atoms with Crippen molar-refractivity contribution in [3.05, 3.63) is 54.3 Å². The minimum Gasteiger partial charge on any atom is -0.462 e. The molecule has 1 aromatic rings. The Morgan fingerprint density at radius 2 is 1.93 bits per heavy atom. The van der Waals surface area contributed by atoms with Gasteiger partial charge in [0.05, 0.1) is 0 Å². The lowest BCUT2D eigenvalue weighted by Gasteiger charge is -2.07. The average molecular weight is 186 g/mol. The highest BCUT2D eigenvalue weighted by Crippen LogP contribution is 2.18. The molecule has 0 atom stereocenters. The van der Waals surface area contributed by atoms with Crippen LogP contribution >= 0.6 is 0 Å². The lowest BCUT2D eigenvalue weighted by molar-refractivity contribution is 0.401. The summed E-state index contributed by atoms with van der Waals surface area (Å²) < 4.78 is 5.75. The minimum atomic E-state index is 0.925. The topological polar surface area (TPSA) is 9.23 Å². The second-order valence-corrected chi connectivity index (χ2v) is 3.37. The third-order valence-corrected chi connectivity index (χ3v) is 2.20. The van der Waals surface area contributed by atoms with E-state index in [1.165, 1.54) is 6.42 Å². The molecule has 0 bridgehead atoms. The van der Waals surface area contributed by atoms with Crippen molar-refractivity contribution in [2.45, 2.75) is 19.3 Å². The van der Waals surface area contributed by atoms with Crippen molar-refractivity contribution in [3.8, 4) is 5.75 Å². The Morgan fingerprint density at radius 1 is 1.07 bits per heavy atom. The van der Waals surface area contributed by atoms with Crippen LogP contribution in [0.1, 0.15) is 19.3 Å². The van der Waals surface area contributed by atoms with Gasteiger partial charge in [-0.15, -0.1) is 0 Å². The highest BCUT2D eigenvalue weighted by atomic mass is 16.5. The molecule has 1 aromatic carbocycles. The summed E-state index contributed by atoms with van der Waals surface area (Å²) in [5.41, 5.74) is 0. The first-order valence-electron chi connectivity index (χ1n) is 5.04. The molecular weight excluding hydrogens is 172 g/mol. The van der Waals surface area contributed by atoms with Gasteiger partial charge in [0.1, 0.15) is 11.5 Å². The van der Waals surface area contributed by atoms with Crippen molar-refractivity contribution in [1.29, 1.82) is 0 Å². The number of para-hydroxylation sites is 1. The maximum atomic E-state index is 5.75. The number of ether oxygens (including phenoxy) is 1. The van der Waals surface area contributed by atoms with Gasteiger partial charge in [0.25, 0.3) is 0 Å². The van der Waals surface area contributed by atoms with Gasteiger partial charge in [-0.25, -0.2) is 0 Å². The van der Waals surface area contributed by atoms with Crippen LogP contribution in [0.3, 0.4) is 0 Å². The van der Waals surface area contributed by atoms with E-state index in [2.05, 4.69) is 18.2 Å². The van der Waals surface area contributed by atoms with Gasteiger partial charge in [0.15, 0.2) is 0 Å². The van der Waals surface area contributed by atoms with E-state index in [1.54, 1.807) is 0 Å². The van der Waals surface area contributed by atoms with Crippen molar-refractivity contribution in [3.63, 3.8) is 0 Å². The molecule has 0 fully saturated rings. The van der Waals surface area contributed by atoms with Crippen LogP contribution in [0.25, 0.3) is 0 Å². The second-order valence-electron chi connectivity index (χ2n) is 3.37. The summed E-state index contributed by atoms with van der Waals surface area (Å²) in [4.78, 5) is 0. The average Bonchev–Trinajstić information content (AvgIpc) is 2.48. The fourth-order valence-electron chi connectivity index (χ4n) is 1.47. The third-order valence-electron chi connectivity index (χ3n) is 2.20. The standard InChI is InChI=1S/C13H14O/c1-2-5-9-12(8-4-1)14-13-10-6-3-7-11-13/h1,3-4,6-8,10-11H,2,5,9H2. The first-order valence-corrected chi connectivity index (χ1v) is 5.04. The zero-order valence-corrected chi connectivity index (χ0v) is 8.15. The Balaban J connectivity index is 2.04. The Morgan fingerprint density at radius 3 is 2.79 bits per heavy atom. The zero-order chi connectivity index (χ0) is 9.64. The molecule has 1 aliphatic rings. The summed E-state index contributed by atoms with van der Waals surface area (Å²) >= 11 is 0. The molecule has 72 valence electrons. The van der Waals surface area contributed by atoms with Crippen molar-refractivity contribution < 1.29 is 4.74 Å². The summed E-state index contributed by atoms with van der Waals surface area (Å²) in [5.74, 6) is 1.99. The van der Waals surface area contributed by atoms with E-state index in [1.807, 2.05) is 30.3 Å². The fourth-order valence-corrected chi connectivity index (χ4v) is 1.47. The van der Waals surface area contributed by atoms with E-state index < -0.39 is 0 Å². The van der Waals surface area contributed by atoms with Gasteiger partial charge in [-0.3, -0.25) is 0 Å². The lowest BCUT2D eigenvalue weighted by atomic mass is 10.2. The van der Waals surface area contributed by atoms with Gasteiger partial charge < -0.3 is 4.74 Å². The third kappa shape index (κ3) is 2.49. The van der Waals surface area contributed by atoms with Crippen molar-refractivity contribution >= 4 is 0 Å². The summed E-state index contributed by atoms with van der Waals surface area (Å²) in [7, 11) is 0. The van der Waals surface area contributed by atoms with Gasteiger partial charge in [-0.2, -0.15) is 0 Å². The van der Waals surface area contributed by atoms with Gasteiger partial charge in [0, 0.05) is 6.42 Å². The van der Waals surface area contributed by atoms with E-state index in [4.69, 9.17) is 4.74 Å². The fraction of sp³-hybridized carbons (Fsp3) is 0.231. The number of rotatable bonds is 2. The van der Waals surface area contributed by atoms with Crippen LogP contribution in [0.15, 0.2) is 54.3 Å². The van der Waals surface area contributed by atoms with E-state index >= 15 is 0 Å². The normalized spacial score (nSPS) is 15.9. The van der Waals surface area contributed by atoms with Crippen LogP contribution in [-0.4, -0.2) is 0 Å². The van der Waals surface area contributed by atoms with Crippen molar-refractivity contribution in [2.75, 3.05) is 0 Å². The molecule has 0 radical (unpaired) electrons. The SMILES string of the molecule is C1=CCCCC(Oc2ccccc2)=C1. The molecular formula is C13H14O. The van der Waals surface area contributed by atoms with Crippen LogP contribution in [0.5, 0.6) is 5.75 Å². The monoisotopic (exact) mass is 186 g/mol. The number of allylic oxidation sites excluding steroid dienone is 4. The van der Waals surface area contributed by atoms with E-state index in [0.29, 0.717) is 0 Å². The number of benzene rings is 1. The molecule has 0 amide bonds. The summed E-state index contributed by atoms with van der Waals surface area (Å²) in [6, 6.07) is 9.93. The zero-order valence-electron chi connectivity index (χ0n) is 8.15. The Hall–Kier alpha value is -1.50. The maximum Gasteiger partial charge on any atom is 0.126 e. The Bertz CT molecular complexity index is 336. The molecule has 2 rings (SSSR count). The maximum absolute atomic E-state index is 5.75. The summed E-state index contributed by atoms with van der Waals surface area (Å²) in [5, 5.41) is 0. The number of hydrogen-bond donors (Lipinski definition) is 0. The molecule has 14 heavy (non-hydrogen) atoms. The minimum absolute atomic E-state index is 0.925. The molecule has 0 heterocycles. The number of hydrogen-bond acceptors (Lipinski definition) is 1. The quantitative estimate of drug-likeness (QED) is 0.684. The van der Waals surface area contributed by atoms with E-state index in [9.17, 15) is 0 Å². The molecule has 1 nitrogen and oxygen atoms in total. The molecule has 1 heteroatoms. The van der Waals surface area contributed by atoms with Crippen LogP contribution in [0.4, 0.5) is 0 Å². The van der Waals surface area contributed by atoms with Gasteiger partial charge >= 0.3 is 0 Å². The van der Waals surface area contributed by atoms with E-state index in [0.717, 1.165) is 24.4 Å². The molecule has 1 aliphatic carbocycles. The van der Waals surface area contributed by atoms with Crippen LogP contribution < -0.4 is 4.74 Å². The van der Waals surface area contributed by atoms with E-state index in [-0.39, 0.29) is 0 Å². The van der Waals surface area contributed by atoms with Crippen LogP contribution in [0, 0.1) is 0 Å². The lowest BCUT2D eigenvalue weighted by Crippen LogP contribution is -1.94. The Labute approximate surface area is 84.7 Å². The smallest absolute Gasteiger partial charge is 0.126 e. The molecule has 0 saturated carbocycles. The molecule has 0 saturated heterocycles. The first kappa shape index (κ1) is 9.07. The largest absolute Gasteiger partial charge is 0.462 e. The van der Waals surface area contributed by atoms with Gasteiger partial charge in [-0.05, 0) is 31.1 Å².